The number of para-hydroxylation sites is 1. The van der Waals surface area contributed by atoms with E-state index in [4.69, 9.17) is 23.1 Å². The quantitative estimate of drug-likeness (QED) is 0.456. The molecule has 0 aliphatic rings. The van der Waals surface area contributed by atoms with Crippen molar-refractivity contribution in [2.24, 2.45) is 0 Å². The molecule has 2 unspecified atom stereocenters. The fraction of sp³-hybridized carbons (Fsp3) is 0.400. The first-order valence-electron chi connectivity index (χ1n) is 4.64. The highest BCUT2D eigenvalue weighted by Gasteiger charge is 2.20. The van der Waals surface area contributed by atoms with Crippen LogP contribution in [0.25, 0.3) is 0 Å². The number of hydrogen-bond acceptors (Lipinski definition) is 4. The van der Waals surface area contributed by atoms with Gasteiger partial charge in [-0.05, 0) is 12.5 Å². The second kappa shape index (κ2) is 5.21. The van der Waals surface area contributed by atoms with Crippen LogP contribution in [-0.4, -0.2) is 22.2 Å². The van der Waals surface area contributed by atoms with Crippen molar-refractivity contribution < 1.29 is 10.2 Å². The maximum atomic E-state index is 9.78. The molecule has 0 aliphatic carbocycles. The SMILES string of the molecule is Nc1cccc(C(O)C(O)CCCl)c1N. The van der Waals surface area contributed by atoms with E-state index in [1.54, 1.807) is 18.2 Å². The number of anilines is 2. The van der Waals surface area contributed by atoms with Crippen LogP contribution in [0.1, 0.15) is 18.1 Å². The van der Waals surface area contributed by atoms with Gasteiger partial charge in [0.1, 0.15) is 6.10 Å². The number of rotatable bonds is 4. The van der Waals surface area contributed by atoms with Gasteiger partial charge in [-0.2, -0.15) is 0 Å². The molecule has 0 heterocycles. The maximum Gasteiger partial charge on any atom is 0.107 e. The van der Waals surface area contributed by atoms with Crippen LogP contribution in [0.3, 0.4) is 0 Å². The van der Waals surface area contributed by atoms with Gasteiger partial charge in [-0.15, -0.1) is 11.6 Å². The molecule has 0 fully saturated rings. The smallest absolute Gasteiger partial charge is 0.107 e. The Morgan fingerprint density at radius 1 is 1.27 bits per heavy atom. The van der Waals surface area contributed by atoms with Gasteiger partial charge in [0.05, 0.1) is 17.5 Å². The molecule has 0 saturated carbocycles. The Hall–Kier alpha value is -0.970. The lowest BCUT2D eigenvalue weighted by Crippen LogP contribution is -2.20. The minimum atomic E-state index is -1.05. The summed E-state index contributed by atoms with van der Waals surface area (Å²) in [7, 11) is 0. The molecular weight excluding hydrogens is 216 g/mol. The van der Waals surface area contributed by atoms with E-state index >= 15 is 0 Å². The molecule has 1 rings (SSSR count). The summed E-state index contributed by atoms with van der Waals surface area (Å²) in [6.45, 7) is 0. The summed E-state index contributed by atoms with van der Waals surface area (Å²) in [5.41, 5.74) is 12.4. The fourth-order valence-electron chi connectivity index (χ4n) is 1.34. The number of nitrogens with two attached hydrogens (primary N) is 2. The zero-order valence-electron chi connectivity index (χ0n) is 8.23. The van der Waals surface area contributed by atoms with Crippen molar-refractivity contribution in [1.82, 2.24) is 0 Å². The van der Waals surface area contributed by atoms with E-state index in [2.05, 4.69) is 0 Å². The lowest BCUT2D eigenvalue weighted by molar-refractivity contribution is 0.0174. The summed E-state index contributed by atoms with van der Waals surface area (Å²) < 4.78 is 0. The van der Waals surface area contributed by atoms with Crippen molar-refractivity contribution in [1.29, 1.82) is 0 Å². The van der Waals surface area contributed by atoms with E-state index in [0.717, 1.165) is 0 Å². The third-order valence-corrected chi connectivity index (χ3v) is 2.48. The van der Waals surface area contributed by atoms with Crippen LogP contribution in [0.15, 0.2) is 18.2 Å². The zero-order chi connectivity index (χ0) is 11.4. The maximum absolute atomic E-state index is 9.78. The van der Waals surface area contributed by atoms with Gasteiger partial charge in [-0.1, -0.05) is 12.1 Å². The Balaban J connectivity index is 2.90. The highest BCUT2D eigenvalue weighted by molar-refractivity contribution is 6.17. The Morgan fingerprint density at radius 3 is 2.53 bits per heavy atom. The fourth-order valence-corrected chi connectivity index (χ4v) is 1.56. The normalized spacial score (nSPS) is 14.9. The summed E-state index contributed by atoms with van der Waals surface area (Å²) in [5, 5.41) is 19.3. The second-order valence-corrected chi connectivity index (χ2v) is 3.72. The average molecular weight is 231 g/mol. The highest BCUT2D eigenvalue weighted by atomic mass is 35.5. The molecule has 0 bridgehead atoms. The first kappa shape index (κ1) is 12.1. The van der Waals surface area contributed by atoms with Crippen LogP contribution in [0.4, 0.5) is 11.4 Å². The van der Waals surface area contributed by atoms with E-state index in [0.29, 0.717) is 23.4 Å². The molecule has 0 aliphatic heterocycles. The van der Waals surface area contributed by atoms with Gasteiger partial charge in [0.25, 0.3) is 0 Å². The van der Waals surface area contributed by atoms with Gasteiger partial charge in [0.2, 0.25) is 0 Å². The number of nitrogen functional groups attached to an aromatic ring is 2. The largest absolute Gasteiger partial charge is 0.397 e. The van der Waals surface area contributed by atoms with E-state index < -0.39 is 12.2 Å². The Morgan fingerprint density at radius 2 is 1.93 bits per heavy atom. The van der Waals surface area contributed by atoms with Gasteiger partial charge in [0.15, 0.2) is 0 Å². The monoisotopic (exact) mass is 230 g/mol. The number of aliphatic hydroxyl groups is 2. The molecule has 84 valence electrons. The van der Waals surface area contributed by atoms with Crippen LogP contribution >= 0.6 is 11.6 Å². The molecule has 0 radical (unpaired) electrons. The lowest BCUT2D eigenvalue weighted by Gasteiger charge is -2.19. The third-order valence-electron chi connectivity index (χ3n) is 2.26. The van der Waals surface area contributed by atoms with E-state index in [1.165, 1.54) is 0 Å². The molecule has 2 atom stereocenters. The molecule has 6 N–H and O–H groups in total. The van der Waals surface area contributed by atoms with Crippen molar-refractivity contribution in [2.45, 2.75) is 18.6 Å². The average Bonchev–Trinajstić information content (AvgIpc) is 2.21. The molecule has 5 heteroatoms. The molecule has 0 amide bonds. The highest BCUT2D eigenvalue weighted by Crippen LogP contribution is 2.28. The molecule has 0 aromatic heterocycles. The van der Waals surface area contributed by atoms with Crippen molar-refractivity contribution in [3.8, 4) is 0 Å². The Kier molecular flexibility index (Phi) is 4.20. The summed E-state index contributed by atoms with van der Waals surface area (Å²) >= 11 is 5.47. The van der Waals surface area contributed by atoms with Crippen molar-refractivity contribution in [3.05, 3.63) is 23.8 Å². The third kappa shape index (κ3) is 2.75. The minimum absolute atomic E-state index is 0.278. The van der Waals surface area contributed by atoms with Crippen LogP contribution in [0, 0.1) is 0 Å². The summed E-state index contributed by atoms with van der Waals surface area (Å²) in [6.07, 6.45) is -1.67. The first-order valence-corrected chi connectivity index (χ1v) is 5.17. The van der Waals surface area contributed by atoms with E-state index in [1.807, 2.05) is 0 Å². The van der Waals surface area contributed by atoms with Gasteiger partial charge < -0.3 is 21.7 Å². The first-order chi connectivity index (χ1) is 7.07. The number of aliphatic hydroxyl groups excluding tert-OH is 2. The second-order valence-electron chi connectivity index (χ2n) is 3.34. The van der Waals surface area contributed by atoms with Crippen molar-refractivity contribution >= 4 is 23.0 Å². The number of hydrogen-bond donors (Lipinski definition) is 4. The van der Waals surface area contributed by atoms with Crippen LogP contribution < -0.4 is 11.5 Å². The van der Waals surface area contributed by atoms with Gasteiger partial charge in [0, 0.05) is 11.4 Å². The van der Waals surface area contributed by atoms with Gasteiger partial charge in [-0.3, -0.25) is 0 Å². The topological polar surface area (TPSA) is 92.5 Å². The summed E-state index contributed by atoms with van der Waals surface area (Å²) in [4.78, 5) is 0. The van der Waals surface area contributed by atoms with Crippen LogP contribution in [-0.2, 0) is 0 Å². The molecule has 1 aromatic carbocycles. The summed E-state index contributed by atoms with van der Waals surface area (Å²) in [6, 6.07) is 4.95. The number of halogens is 1. The molecule has 0 spiro atoms. The van der Waals surface area contributed by atoms with E-state index in [-0.39, 0.29) is 5.88 Å². The van der Waals surface area contributed by atoms with Crippen LogP contribution in [0.2, 0.25) is 0 Å². The van der Waals surface area contributed by atoms with Gasteiger partial charge in [-0.25, -0.2) is 0 Å². The van der Waals surface area contributed by atoms with E-state index in [9.17, 15) is 10.2 Å². The van der Waals surface area contributed by atoms with Gasteiger partial charge >= 0.3 is 0 Å². The summed E-state index contributed by atoms with van der Waals surface area (Å²) in [5.74, 6) is 0.278. The van der Waals surface area contributed by atoms with Crippen molar-refractivity contribution in [2.75, 3.05) is 17.3 Å². The number of benzene rings is 1. The standard InChI is InChI=1S/C10H15ClN2O2/c11-5-4-8(14)10(15)6-2-1-3-7(12)9(6)13/h1-3,8,10,14-15H,4-5,12-13H2. The molecule has 1 aromatic rings. The molecular formula is C10H15ClN2O2. The zero-order valence-corrected chi connectivity index (χ0v) is 8.98. The van der Waals surface area contributed by atoms with Crippen molar-refractivity contribution in [3.63, 3.8) is 0 Å². The predicted octanol–water partition coefficient (Wildman–Crippen LogP) is 0.874. The molecule has 4 nitrogen and oxygen atoms in total. The Labute approximate surface area is 93.5 Å². The number of alkyl halides is 1. The van der Waals surface area contributed by atoms with Crippen LogP contribution in [0.5, 0.6) is 0 Å². The lowest BCUT2D eigenvalue weighted by atomic mass is 10.0. The Bertz CT molecular complexity index is 333. The molecule has 15 heavy (non-hydrogen) atoms. The predicted molar refractivity (Wildman–Crippen MR) is 61.6 cm³/mol. The molecule has 0 saturated heterocycles. The minimum Gasteiger partial charge on any atom is -0.397 e.